The summed E-state index contributed by atoms with van der Waals surface area (Å²) in [6.07, 6.45) is 3.68. The average molecular weight is 1230 g/mol. The van der Waals surface area contributed by atoms with Crippen LogP contribution in [0, 0.1) is 17.8 Å². The molecule has 1 aliphatic rings. The summed E-state index contributed by atoms with van der Waals surface area (Å²) >= 11 is 0. The highest BCUT2D eigenvalue weighted by Crippen LogP contribution is 2.22. The second-order valence-corrected chi connectivity index (χ2v) is 23.0. The molecule has 490 valence electrons. The van der Waals surface area contributed by atoms with Crippen molar-refractivity contribution in [3.8, 4) is 0 Å². The van der Waals surface area contributed by atoms with Gasteiger partial charge in [-0.3, -0.25) is 53.1 Å². The van der Waals surface area contributed by atoms with Crippen molar-refractivity contribution in [3.05, 3.63) is 35.9 Å². The second kappa shape index (κ2) is 40.7. The van der Waals surface area contributed by atoms with Crippen molar-refractivity contribution in [2.24, 2.45) is 67.9 Å². The number of aliphatic imine (C=N–C) groups is 2. The van der Waals surface area contributed by atoms with E-state index in [0.29, 0.717) is 51.6 Å². The third-order valence-corrected chi connectivity index (χ3v) is 14.7. The zero-order chi connectivity index (χ0) is 65.2. The Labute approximate surface area is 511 Å². The number of benzene rings is 1. The molecule has 23 N–H and O–H groups in total. The predicted octanol–water partition coefficient (Wildman–Crippen LogP) is -2.35. The van der Waals surface area contributed by atoms with Gasteiger partial charge in [0.25, 0.3) is 0 Å². The van der Waals surface area contributed by atoms with E-state index in [1.165, 1.54) is 4.90 Å². The van der Waals surface area contributed by atoms with Crippen LogP contribution in [0.3, 0.4) is 0 Å². The molecule has 29 heteroatoms. The van der Waals surface area contributed by atoms with Crippen LogP contribution in [0.25, 0.3) is 0 Å². The number of unbranched alkanes of at least 4 members (excludes halogenated alkanes) is 2. The molecule has 10 atom stereocenters. The molecule has 0 aliphatic carbocycles. The first-order valence-corrected chi connectivity index (χ1v) is 30.5. The van der Waals surface area contributed by atoms with E-state index < -0.39 is 126 Å². The Bertz CT molecular complexity index is 2420. The van der Waals surface area contributed by atoms with Crippen molar-refractivity contribution < 1.29 is 53.1 Å². The molecule has 1 fully saturated rings. The number of carbonyl (C=O) groups is 10. The summed E-state index contributed by atoms with van der Waals surface area (Å²) in [6.45, 7) is 11.3. The number of carboxylic acids is 1. The zero-order valence-electron chi connectivity index (χ0n) is 51.8. The first kappa shape index (κ1) is 75.4. The Hall–Kier alpha value is -7.66. The summed E-state index contributed by atoms with van der Waals surface area (Å²) in [5.41, 5.74) is 40.1. The lowest BCUT2D eigenvalue weighted by atomic mass is 9.96. The molecule has 29 nitrogen and oxygen atoms in total. The lowest BCUT2D eigenvalue weighted by Gasteiger charge is -2.32. The molecule has 0 unspecified atom stereocenters. The van der Waals surface area contributed by atoms with Gasteiger partial charge in [0.1, 0.15) is 54.4 Å². The number of hydrogen-bond acceptors (Lipinski definition) is 15. The van der Waals surface area contributed by atoms with Gasteiger partial charge in [-0.15, -0.1) is 0 Å². The highest BCUT2D eigenvalue weighted by Gasteiger charge is 2.41. The Morgan fingerprint density at radius 2 is 1.00 bits per heavy atom. The average Bonchev–Trinajstić information content (AvgIpc) is 2.36. The highest BCUT2D eigenvalue weighted by atomic mass is 16.4. The number of carbonyl (C=O) groups excluding carboxylic acids is 9. The largest absolute Gasteiger partial charge is 0.480 e. The normalized spacial score (nSPS) is 16.0. The third kappa shape index (κ3) is 28.6. The summed E-state index contributed by atoms with van der Waals surface area (Å²) in [6, 6.07) is -2.04. The van der Waals surface area contributed by atoms with Crippen molar-refractivity contribution in [1.82, 2.24) is 47.4 Å². The molecule has 1 aromatic rings. The van der Waals surface area contributed by atoms with E-state index in [1.54, 1.807) is 44.2 Å². The number of guanidine groups is 2. The van der Waals surface area contributed by atoms with E-state index >= 15 is 0 Å². The fourth-order valence-electron chi connectivity index (χ4n) is 9.84. The molecule has 0 aromatic heterocycles. The first-order valence-electron chi connectivity index (χ1n) is 30.5. The number of rotatable bonds is 42. The molecule has 9 amide bonds. The standard InChI is InChI=1S/C58H102N18O11/c1-7-36(6)47(75-49(79)39(22-15-27-66-57(62)63)69-50(80)42(30-34(2)3)74-52(82)44(68-46(77)33-61)32-37-18-9-8-10-19-37)54(84)71-40(23-16-28-67-58(64)65)55(85)76-29-17-24-45(76)53(83)70-38(20-11-13-25-59)48(78)73-43(31-35(4)5)51(81)72-41(56(86)87)21-12-14-26-60/h8-10,18-19,34-36,38-45,47H,7,11-17,20-33,59-61H2,1-6H3,(H,68,77)(H,69,80)(H,70,83)(H,71,84)(H,72,81)(H,73,78)(H,74,82)(H,75,79)(H,86,87)(H4,62,63,66)(H4,64,65,67)/t36-,38-,39-,40-,41-,42-,43-,44-,45-,47-/m0/s1. The van der Waals surface area contributed by atoms with Crippen LogP contribution in [0.5, 0.6) is 0 Å². The van der Waals surface area contributed by atoms with E-state index in [9.17, 15) is 53.1 Å². The summed E-state index contributed by atoms with van der Waals surface area (Å²) in [5, 5.41) is 31.7. The van der Waals surface area contributed by atoms with E-state index in [-0.39, 0.29) is 108 Å². The van der Waals surface area contributed by atoms with Gasteiger partial charge in [0.05, 0.1) is 6.54 Å². The monoisotopic (exact) mass is 1230 g/mol. The van der Waals surface area contributed by atoms with Crippen LogP contribution < -0.4 is 82.7 Å². The van der Waals surface area contributed by atoms with Crippen molar-refractivity contribution in [2.75, 3.05) is 39.3 Å². The van der Waals surface area contributed by atoms with Gasteiger partial charge in [-0.25, -0.2) is 4.79 Å². The molecular formula is C58H102N18O11. The Morgan fingerprint density at radius 3 is 1.49 bits per heavy atom. The third-order valence-electron chi connectivity index (χ3n) is 14.7. The molecule has 2 rings (SSSR count). The Kier molecular flexibility index (Phi) is 35.3. The van der Waals surface area contributed by atoms with E-state index in [2.05, 4.69) is 52.5 Å². The minimum absolute atomic E-state index is 0.0267. The number of hydrogen-bond donors (Lipinski definition) is 16. The molecule has 1 saturated heterocycles. The summed E-state index contributed by atoms with van der Waals surface area (Å²) in [7, 11) is 0. The minimum atomic E-state index is -1.32. The molecule has 0 spiro atoms. The number of aliphatic carboxylic acids is 1. The molecule has 1 aliphatic heterocycles. The zero-order valence-corrected chi connectivity index (χ0v) is 51.8. The topological polar surface area (TPSA) is 497 Å². The van der Waals surface area contributed by atoms with E-state index in [1.807, 2.05) is 27.7 Å². The van der Waals surface area contributed by atoms with Crippen LogP contribution >= 0.6 is 0 Å². The fraction of sp³-hybridized carbons (Fsp3) is 0.690. The van der Waals surface area contributed by atoms with Crippen molar-refractivity contribution in [2.45, 2.75) is 199 Å². The number of likely N-dealkylation sites (tertiary alicyclic amines) is 1. The number of nitrogens with two attached hydrogens (primary N) is 7. The predicted molar refractivity (Wildman–Crippen MR) is 331 cm³/mol. The molecule has 1 heterocycles. The minimum Gasteiger partial charge on any atom is -0.480 e. The molecule has 1 aromatic carbocycles. The summed E-state index contributed by atoms with van der Waals surface area (Å²) in [5.74, 6) is -8.76. The van der Waals surface area contributed by atoms with E-state index in [0.717, 1.165) is 5.56 Å². The van der Waals surface area contributed by atoms with Gasteiger partial charge < -0.3 is 92.7 Å². The van der Waals surface area contributed by atoms with Crippen LogP contribution in [-0.2, 0) is 54.4 Å². The van der Waals surface area contributed by atoms with Gasteiger partial charge in [0, 0.05) is 26.1 Å². The maximum atomic E-state index is 14.9. The molecule has 87 heavy (non-hydrogen) atoms. The quantitative estimate of drug-likeness (QED) is 0.0185. The Morgan fingerprint density at radius 1 is 0.552 bits per heavy atom. The first-order chi connectivity index (χ1) is 41.3. The number of carboxylic acid groups (broad SMARTS) is 1. The van der Waals surface area contributed by atoms with Gasteiger partial charge >= 0.3 is 5.97 Å². The molecule has 0 radical (unpaired) electrons. The highest BCUT2D eigenvalue weighted by molar-refractivity contribution is 5.99. The SMILES string of the molecule is CC[C@H](C)[C@H](NC(=O)[C@H](CCCN=C(N)N)NC(=O)[C@H](CC(C)C)NC(=O)[C@H](Cc1ccccc1)NC(=O)CN)C(=O)N[C@@H](CCCN=C(N)N)C(=O)N1CCC[C@H]1C(=O)N[C@@H](CCCCN)C(=O)N[C@@H](CC(C)C)C(=O)N[C@@H](CCCCN)C(=O)O. The number of nitrogens with zero attached hydrogens (tertiary/aromatic N) is 3. The second-order valence-electron chi connectivity index (χ2n) is 23.0. The lowest BCUT2D eigenvalue weighted by molar-refractivity contribution is -0.143. The number of amides is 9. The molecular weight excluding hydrogens is 1120 g/mol. The fourth-order valence-corrected chi connectivity index (χ4v) is 9.84. The molecule has 0 saturated carbocycles. The van der Waals surface area contributed by atoms with Gasteiger partial charge in [0.2, 0.25) is 53.2 Å². The van der Waals surface area contributed by atoms with Crippen molar-refractivity contribution in [1.29, 1.82) is 0 Å². The summed E-state index contributed by atoms with van der Waals surface area (Å²) in [4.78, 5) is 149. The van der Waals surface area contributed by atoms with Crippen molar-refractivity contribution >= 4 is 71.1 Å². The van der Waals surface area contributed by atoms with Crippen LogP contribution in [0.15, 0.2) is 40.3 Å². The summed E-state index contributed by atoms with van der Waals surface area (Å²) < 4.78 is 0. The molecule has 0 bridgehead atoms. The smallest absolute Gasteiger partial charge is 0.326 e. The lowest BCUT2D eigenvalue weighted by Crippen LogP contribution is -2.61. The van der Waals surface area contributed by atoms with Gasteiger partial charge in [0.15, 0.2) is 11.9 Å². The van der Waals surface area contributed by atoms with E-state index in [4.69, 9.17) is 40.1 Å². The van der Waals surface area contributed by atoms with Crippen LogP contribution in [0.1, 0.15) is 143 Å². The van der Waals surface area contributed by atoms with Gasteiger partial charge in [-0.1, -0.05) is 78.3 Å². The van der Waals surface area contributed by atoms with Crippen LogP contribution in [0.2, 0.25) is 0 Å². The van der Waals surface area contributed by atoms with Crippen LogP contribution in [-0.4, -0.2) is 175 Å². The van der Waals surface area contributed by atoms with Gasteiger partial charge in [-0.2, -0.15) is 0 Å². The van der Waals surface area contributed by atoms with Crippen molar-refractivity contribution in [3.63, 3.8) is 0 Å². The maximum absolute atomic E-state index is 14.9. The van der Waals surface area contributed by atoms with Crippen LogP contribution in [0.4, 0.5) is 0 Å². The Balaban J connectivity index is 2.52. The maximum Gasteiger partial charge on any atom is 0.326 e. The number of nitrogens with one attached hydrogen (secondary N) is 8. The van der Waals surface area contributed by atoms with Gasteiger partial charge in [-0.05, 0) is 126 Å².